The Balaban J connectivity index is 1.98. The SMILES string of the molecule is CCOC(=O)c1c(CSc2ccccc2S(C)(=O)=O)oc2ccccc12. The monoisotopic (exact) mass is 390 g/mol. The number of thioether (sulfide) groups is 1. The van der Waals surface area contributed by atoms with Crippen LogP contribution < -0.4 is 0 Å². The van der Waals surface area contributed by atoms with Gasteiger partial charge in [0.15, 0.2) is 9.84 Å². The maximum Gasteiger partial charge on any atom is 0.342 e. The van der Waals surface area contributed by atoms with E-state index in [1.807, 2.05) is 18.2 Å². The highest BCUT2D eigenvalue weighted by atomic mass is 32.2. The number of ether oxygens (including phenoxy) is 1. The first-order chi connectivity index (χ1) is 12.4. The number of sulfone groups is 1. The summed E-state index contributed by atoms with van der Waals surface area (Å²) >= 11 is 1.31. The lowest BCUT2D eigenvalue weighted by atomic mass is 10.1. The molecule has 0 amide bonds. The van der Waals surface area contributed by atoms with E-state index in [1.54, 1.807) is 37.3 Å². The third-order valence-corrected chi connectivity index (χ3v) is 6.11. The lowest BCUT2D eigenvalue weighted by Gasteiger charge is -2.07. The van der Waals surface area contributed by atoms with Gasteiger partial charge in [0, 0.05) is 16.5 Å². The van der Waals surface area contributed by atoms with Gasteiger partial charge in [-0.25, -0.2) is 13.2 Å². The summed E-state index contributed by atoms with van der Waals surface area (Å²) in [5.41, 5.74) is 0.995. The molecule has 0 spiro atoms. The molecule has 0 fully saturated rings. The van der Waals surface area contributed by atoms with E-state index in [0.29, 0.717) is 32.9 Å². The molecule has 1 heterocycles. The van der Waals surface area contributed by atoms with Gasteiger partial charge in [-0.3, -0.25) is 0 Å². The van der Waals surface area contributed by atoms with Crippen molar-refractivity contribution in [3.63, 3.8) is 0 Å². The lowest BCUT2D eigenvalue weighted by molar-refractivity contribution is 0.0526. The third kappa shape index (κ3) is 3.78. The van der Waals surface area contributed by atoms with E-state index in [0.717, 1.165) is 0 Å². The fourth-order valence-electron chi connectivity index (χ4n) is 2.64. The molecule has 5 nitrogen and oxygen atoms in total. The molecule has 0 atom stereocenters. The van der Waals surface area contributed by atoms with Gasteiger partial charge in [0.2, 0.25) is 0 Å². The molecule has 2 aromatic carbocycles. The second-order valence-electron chi connectivity index (χ2n) is 5.62. The quantitative estimate of drug-likeness (QED) is 0.461. The van der Waals surface area contributed by atoms with Crippen molar-refractivity contribution in [3.8, 4) is 0 Å². The normalized spacial score (nSPS) is 11.6. The van der Waals surface area contributed by atoms with E-state index < -0.39 is 15.8 Å². The van der Waals surface area contributed by atoms with Gasteiger partial charge in [-0.1, -0.05) is 30.3 Å². The highest BCUT2D eigenvalue weighted by Gasteiger charge is 2.22. The van der Waals surface area contributed by atoms with Crippen molar-refractivity contribution < 1.29 is 22.4 Å². The van der Waals surface area contributed by atoms with Gasteiger partial charge in [0.25, 0.3) is 0 Å². The average Bonchev–Trinajstić information content (AvgIpc) is 2.98. The van der Waals surface area contributed by atoms with Crippen LogP contribution in [0.2, 0.25) is 0 Å². The molecule has 0 saturated carbocycles. The van der Waals surface area contributed by atoms with Crippen molar-refractivity contribution in [1.82, 2.24) is 0 Å². The molecule has 0 unspecified atom stereocenters. The van der Waals surface area contributed by atoms with Gasteiger partial charge in [-0.15, -0.1) is 11.8 Å². The summed E-state index contributed by atoms with van der Waals surface area (Å²) in [6.07, 6.45) is 1.18. The molecular formula is C19H18O5S2. The number of furan rings is 1. The maximum atomic E-state index is 12.4. The summed E-state index contributed by atoms with van der Waals surface area (Å²) < 4.78 is 34.9. The van der Waals surface area contributed by atoms with Crippen LogP contribution >= 0.6 is 11.8 Å². The molecule has 3 rings (SSSR count). The van der Waals surface area contributed by atoms with Crippen LogP contribution in [0.25, 0.3) is 11.0 Å². The molecule has 26 heavy (non-hydrogen) atoms. The molecule has 0 saturated heterocycles. The van der Waals surface area contributed by atoms with Crippen LogP contribution in [0.15, 0.2) is 62.7 Å². The van der Waals surface area contributed by atoms with Crippen molar-refractivity contribution in [2.45, 2.75) is 22.5 Å². The number of para-hydroxylation sites is 1. The van der Waals surface area contributed by atoms with Gasteiger partial charge in [-0.05, 0) is 25.1 Å². The molecule has 0 aliphatic heterocycles. The minimum Gasteiger partial charge on any atom is -0.462 e. The fraction of sp³-hybridized carbons (Fsp3) is 0.211. The van der Waals surface area contributed by atoms with Gasteiger partial charge in [0.1, 0.15) is 16.9 Å². The summed E-state index contributed by atoms with van der Waals surface area (Å²) in [4.78, 5) is 13.3. The van der Waals surface area contributed by atoms with E-state index in [9.17, 15) is 13.2 Å². The Hall–Kier alpha value is -2.25. The smallest absolute Gasteiger partial charge is 0.342 e. The van der Waals surface area contributed by atoms with Crippen LogP contribution in [-0.4, -0.2) is 27.2 Å². The summed E-state index contributed by atoms with van der Waals surface area (Å²) in [5.74, 6) is 0.345. The Bertz CT molecular complexity index is 1050. The topological polar surface area (TPSA) is 73.6 Å². The number of carbonyl (C=O) groups excluding carboxylic acids is 1. The van der Waals surface area contributed by atoms with Crippen molar-refractivity contribution in [2.24, 2.45) is 0 Å². The lowest BCUT2D eigenvalue weighted by Crippen LogP contribution is -2.06. The van der Waals surface area contributed by atoms with Crippen LogP contribution in [-0.2, 0) is 20.3 Å². The number of hydrogen-bond donors (Lipinski definition) is 0. The zero-order valence-electron chi connectivity index (χ0n) is 14.4. The standard InChI is InChI=1S/C19H18O5S2/c1-3-23-19(20)18-13-8-4-5-9-14(13)24-15(18)12-25-16-10-6-7-11-17(16)26(2,21)22/h4-11H,3,12H2,1-2H3. The highest BCUT2D eigenvalue weighted by molar-refractivity contribution is 7.99. The van der Waals surface area contributed by atoms with Gasteiger partial charge < -0.3 is 9.15 Å². The number of hydrogen-bond acceptors (Lipinski definition) is 6. The van der Waals surface area contributed by atoms with Crippen molar-refractivity contribution in [3.05, 3.63) is 59.9 Å². The van der Waals surface area contributed by atoms with Crippen LogP contribution in [0, 0.1) is 0 Å². The molecular weight excluding hydrogens is 372 g/mol. The summed E-state index contributed by atoms with van der Waals surface area (Å²) in [5, 5.41) is 0.693. The Morgan fingerprint density at radius 1 is 1.12 bits per heavy atom. The van der Waals surface area contributed by atoms with E-state index in [-0.39, 0.29) is 11.5 Å². The Morgan fingerprint density at radius 3 is 2.54 bits per heavy atom. The molecule has 136 valence electrons. The number of esters is 1. The molecule has 7 heteroatoms. The van der Waals surface area contributed by atoms with E-state index in [2.05, 4.69) is 0 Å². The number of fused-ring (bicyclic) bond motifs is 1. The first kappa shape index (κ1) is 18.5. The first-order valence-corrected chi connectivity index (χ1v) is 10.9. The van der Waals surface area contributed by atoms with Crippen LogP contribution in [0.5, 0.6) is 0 Å². The minimum absolute atomic E-state index is 0.263. The van der Waals surface area contributed by atoms with Crippen LogP contribution in [0.1, 0.15) is 23.0 Å². The van der Waals surface area contributed by atoms with Crippen LogP contribution in [0.3, 0.4) is 0 Å². The molecule has 0 bridgehead atoms. The van der Waals surface area contributed by atoms with Crippen molar-refractivity contribution >= 4 is 38.5 Å². The average molecular weight is 390 g/mol. The van der Waals surface area contributed by atoms with E-state index in [4.69, 9.17) is 9.15 Å². The molecule has 0 N–H and O–H groups in total. The first-order valence-electron chi connectivity index (χ1n) is 8.01. The van der Waals surface area contributed by atoms with Gasteiger partial charge in [-0.2, -0.15) is 0 Å². The third-order valence-electron chi connectivity index (χ3n) is 3.76. The number of benzene rings is 2. The number of rotatable bonds is 6. The molecule has 3 aromatic rings. The summed E-state index contributed by atoms with van der Waals surface area (Å²) in [6, 6.07) is 14.0. The van der Waals surface area contributed by atoms with Gasteiger partial charge in [0.05, 0.1) is 17.3 Å². The van der Waals surface area contributed by atoms with Gasteiger partial charge >= 0.3 is 5.97 Å². The summed E-state index contributed by atoms with van der Waals surface area (Å²) in [6.45, 7) is 2.01. The van der Waals surface area contributed by atoms with Crippen molar-refractivity contribution in [1.29, 1.82) is 0 Å². The molecule has 1 aromatic heterocycles. The second kappa shape index (κ2) is 7.55. The Kier molecular flexibility index (Phi) is 5.38. The predicted molar refractivity (Wildman–Crippen MR) is 101 cm³/mol. The zero-order valence-corrected chi connectivity index (χ0v) is 16.0. The zero-order chi connectivity index (χ0) is 18.7. The Labute approximate surface area is 156 Å². The molecule has 0 radical (unpaired) electrons. The van der Waals surface area contributed by atoms with E-state index >= 15 is 0 Å². The molecule has 0 aliphatic carbocycles. The predicted octanol–water partition coefficient (Wildman–Crippen LogP) is 4.31. The van der Waals surface area contributed by atoms with Crippen molar-refractivity contribution in [2.75, 3.05) is 12.9 Å². The van der Waals surface area contributed by atoms with E-state index in [1.165, 1.54) is 18.0 Å². The minimum atomic E-state index is -3.34. The second-order valence-corrected chi connectivity index (χ2v) is 8.63. The largest absolute Gasteiger partial charge is 0.462 e. The number of carbonyl (C=O) groups is 1. The maximum absolute atomic E-state index is 12.4. The Morgan fingerprint density at radius 2 is 1.81 bits per heavy atom. The van der Waals surface area contributed by atoms with Crippen LogP contribution in [0.4, 0.5) is 0 Å². The fourth-order valence-corrected chi connectivity index (χ4v) is 4.91. The highest BCUT2D eigenvalue weighted by Crippen LogP contribution is 2.34. The molecule has 0 aliphatic rings. The summed E-state index contributed by atoms with van der Waals surface area (Å²) in [7, 11) is -3.34.